The molecule has 0 spiro atoms. The number of hydrogen-bond donors (Lipinski definition) is 1. The number of anilines is 1. The summed E-state index contributed by atoms with van der Waals surface area (Å²) >= 11 is 0. The third-order valence-corrected chi connectivity index (χ3v) is 5.51. The van der Waals surface area contributed by atoms with Gasteiger partial charge in [0.05, 0.1) is 25.8 Å². The predicted molar refractivity (Wildman–Crippen MR) is 122 cm³/mol. The summed E-state index contributed by atoms with van der Waals surface area (Å²) in [5, 5.41) is 11.1. The first-order chi connectivity index (χ1) is 15.5. The van der Waals surface area contributed by atoms with E-state index in [1.165, 1.54) is 12.0 Å². The van der Waals surface area contributed by atoms with E-state index in [0.29, 0.717) is 28.3 Å². The summed E-state index contributed by atoms with van der Waals surface area (Å²) in [5.41, 5.74) is 2.51. The maximum Gasteiger partial charge on any atom is 0.300 e. The Kier molecular flexibility index (Phi) is 5.69. The standard InChI is InChI=1S/C26H23NO5/c1-16-8-7-11-18(14-16)27-23(20-13-12-19(31-2)15-21(20)32-3)22(25(29)26(27)30)24(28)17-9-5-4-6-10-17/h4-15,23,28H,1-3H3/t23-/m1/s1. The average Bonchev–Trinajstić information content (AvgIpc) is 3.08. The molecular formula is C26H23NO5. The molecule has 32 heavy (non-hydrogen) atoms. The zero-order valence-corrected chi connectivity index (χ0v) is 18.0. The Labute approximate surface area is 186 Å². The number of ketones is 1. The monoisotopic (exact) mass is 429 g/mol. The predicted octanol–water partition coefficient (Wildman–Crippen LogP) is 4.64. The molecule has 0 bridgehead atoms. The first-order valence-electron chi connectivity index (χ1n) is 10.1. The molecule has 162 valence electrons. The third-order valence-electron chi connectivity index (χ3n) is 5.51. The van der Waals surface area contributed by atoms with Crippen molar-refractivity contribution in [1.82, 2.24) is 0 Å². The molecule has 6 nitrogen and oxygen atoms in total. The maximum absolute atomic E-state index is 13.2. The number of carbonyl (C=O) groups excluding carboxylic acids is 2. The van der Waals surface area contributed by atoms with Crippen molar-refractivity contribution in [3.63, 3.8) is 0 Å². The summed E-state index contributed by atoms with van der Waals surface area (Å²) in [6, 6.07) is 20.3. The fraction of sp³-hybridized carbons (Fsp3) is 0.154. The summed E-state index contributed by atoms with van der Waals surface area (Å²) in [6.45, 7) is 1.91. The van der Waals surface area contributed by atoms with Crippen molar-refractivity contribution in [2.45, 2.75) is 13.0 Å². The van der Waals surface area contributed by atoms with Gasteiger partial charge >= 0.3 is 0 Å². The van der Waals surface area contributed by atoms with Crippen molar-refractivity contribution in [3.8, 4) is 11.5 Å². The van der Waals surface area contributed by atoms with Crippen LogP contribution in [0.4, 0.5) is 5.69 Å². The van der Waals surface area contributed by atoms with Gasteiger partial charge in [0.2, 0.25) is 0 Å². The van der Waals surface area contributed by atoms with E-state index in [4.69, 9.17) is 9.47 Å². The number of carbonyl (C=O) groups is 2. The maximum atomic E-state index is 13.2. The van der Waals surface area contributed by atoms with Crippen molar-refractivity contribution in [1.29, 1.82) is 0 Å². The number of Topliss-reactive ketones (excluding diaryl/α,β-unsaturated/α-hetero) is 1. The quantitative estimate of drug-likeness (QED) is 0.363. The number of ether oxygens (including phenoxy) is 2. The Bertz CT molecular complexity index is 1220. The molecule has 0 saturated carbocycles. The molecule has 1 saturated heterocycles. The molecule has 1 aliphatic rings. The lowest BCUT2D eigenvalue weighted by atomic mass is 9.94. The van der Waals surface area contributed by atoms with Gasteiger partial charge in [-0.15, -0.1) is 0 Å². The normalized spacial score (nSPS) is 17.5. The van der Waals surface area contributed by atoms with Gasteiger partial charge in [0, 0.05) is 22.9 Å². The van der Waals surface area contributed by atoms with Crippen LogP contribution in [0.15, 0.2) is 78.4 Å². The minimum Gasteiger partial charge on any atom is -0.507 e. The molecule has 6 heteroatoms. The molecule has 1 fully saturated rings. The molecule has 0 aliphatic carbocycles. The molecule has 3 aromatic carbocycles. The minimum absolute atomic E-state index is 0.00572. The van der Waals surface area contributed by atoms with E-state index >= 15 is 0 Å². The second-order valence-electron chi connectivity index (χ2n) is 7.48. The van der Waals surface area contributed by atoms with Crippen LogP contribution in [0.3, 0.4) is 0 Å². The number of nitrogens with zero attached hydrogens (tertiary/aromatic N) is 1. The van der Waals surface area contributed by atoms with Gasteiger partial charge in [-0.1, -0.05) is 42.5 Å². The number of aliphatic hydroxyl groups excluding tert-OH is 1. The van der Waals surface area contributed by atoms with Crippen LogP contribution in [0.25, 0.3) is 5.76 Å². The number of hydrogen-bond acceptors (Lipinski definition) is 5. The van der Waals surface area contributed by atoms with Crippen LogP contribution >= 0.6 is 0 Å². The van der Waals surface area contributed by atoms with Crippen LogP contribution in [-0.2, 0) is 9.59 Å². The summed E-state index contributed by atoms with van der Waals surface area (Å²) in [6.07, 6.45) is 0. The van der Waals surface area contributed by atoms with Crippen molar-refractivity contribution < 1.29 is 24.2 Å². The molecule has 1 atom stereocenters. The molecule has 4 rings (SSSR count). The summed E-state index contributed by atoms with van der Waals surface area (Å²) in [5.74, 6) is -0.692. The van der Waals surface area contributed by atoms with E-state index in [2.05, 4.69) is 0 Å². The van der Waals surface area contributed by atoms with E-state index in [1.807, 2.05) is 31.2 Å². The highest BCUT2D eigenvalue weighted by Gasteiger charge is 2.48. The largest absolute Gasteiger partial charge is 0.507 e. The van der Waals surface area contributed by atoms with Crippen LogP contribution in [0.2, 0.25) is 0 Å². The number of aliphatic hydroxyl groups is 1. The molecule has 0 radical (unpaired) electrons. The number of aryl methyl sites for hydroxylation is 1. The molecule has 0 aromatic heterocycles. The van der Waals surface area contributed by atoms with Crippen molar-refractivity contribution in [2.75, 3.05) is 19.1 Å². The lowest BCUT2D eigenvalue weighted by Gasteiger charge is -2.27. The molecule has 3 aromatic rings. The lowest BCUT2D eigenvalue weighted by molar-refractivity contribution is -0.132. The van der Waals surface area contributed by atoms with Crippen molar-refractivity contribution in [3.05, 3.63) is 95.1 Å². The van der Waals surface area contributed by atoms with Gasteiger partial charge < -0.3 is 14.6 Å². The van der Waals surface area contributed by atoms with Crippen LogP contribution in [0, 0.1) is 6.92 Å². The Morgan fingerprint density at radius 2 is 1.66 bits per heavy atom. The van der Waals surface area contributed by atoms with E-state index in [9.17, 15) is 14.7 Å². The van der Waals surface area contributed by atoms with Gasteiger partial charge in [0.15, 0.2) is 0 Å². The Balaban J connectivity index is 2.00. The summed E-state index contributed by atoms with van der Waals surface area (Å²) in [4.78, 5) is 27.9. The number of rotatable bonds is 5. The fourth-order valence-electron chi connectivity index (χ4n) is 3.97. The van der Waals surface area contributed by atoms with Gasteiger partial charge in [-0.2, -0.15) is 0 Å². The zero-order valence-electron chi connectivity index (χ0n) is 18.0. The van der Waals surface area contributed by atoms with Crippen molar-refractivity contribution in [2.24, 2.45) is 0 Å². The highest BCUT2D eigenvalue weighted by atomic mass is 16.5. The van der Waals surface area contributed by atoms with Gasteiger partial charge in [-0.05, 0) is 36.8 Å². The van der Waals surface area contributed by atoms with E-state index in [-0.39, 0.29) is 11.3 Å². The second kappa shape index (κ2) is 8.59. The highest BCUT2D eigenvalue weighted by Crippen LogP contribution is 2.45. The van der Waals surface area contributed by atoms with Crippen LogP contribution in [-0.4, -0.2) is 31.0 Å². The van der Waals surface area contributed by atoms with Gasteiger partial charge in [0.1, 0.15) is 17.3 Å². The summed E-state index contributed by atoms with van der Waals surface area (Å²) < 4.78 is 10.9. The molecule has 0 unspecified atom stereocenters. The van der Waals surface area contributed by atoms with E-state index < -0.39 is 17.7 Å². The Morgan fingerprint density at radius 3 is 2.31 bits per heavy atom. The van der Waals surface area contributed by atoms with Gasteiger partial charge in [-0.3, -0.25) is 14.5 Å². The topological polar surface area (TPSA) is 76.1 Å². The number of methoxy groups -OCH3 is 2. The van der Waals surface area contributed by atoms with Crippen molar-refractivity contribution >= 4 is 23.1 Å². The van der Waals surface area contributed by atoms with Gasteiger partial charge in [0.25, 0.3) is 11.7 Å². The first kappa shape index (κ1) is 21.2. The third kappa shape index (κ3) is 3.60. The SMILES string of the molecule is COc1ccc([C@@H]2C(=C(O)c3ccccc3)C(=O)C(=O)N2c2cccc(C)c2)c(OC)c1. The smallest absolute Gasteiger partial charge is 0.300 e. The fourth-order valence-corrected chi connectivity index (χ4v) is 3.97. The number of benzene rings is 3. The Morgan fingerprint density at radius 1 is 0.906 bits per heavy atom. The molecule has 1 amide bonds. The first-order valence-corrected chi connectivity index (χ1v) is 10.1. The highest BCUT2D eigenvalue weighted by molar-refractivity contribution is 6.51. The van der Waals surface area contributed by atoms with Gasteiger partial charge in [-0.25, -0.2) is 0 Å². The Hall–Kier alpha value is -4.06. The molecule has 1 aliphatic heterocycles. The minimum atomic E-state index is -0.877. The van der Waals surface area contributed by atoms with Crippen LogP contribution in [0.5, 0.6) is 11.5 Å². The van der Waals surface area contributed by atoms with Crippen LogP contribution < -0.4 is 14.4 Å². The van der Waals surface area contributed by atoms with Crippen LogP contribution in [0.1, 0.15) is 22.7 Å². The molecular weight excluding hydrogens is 406 g/mol. The molecule has 1 heterocycles. The number of amides is 1. The average molecular weight is 429 g/mol. The van der Waals surface area contributed by atoms with E-state index in [1.54, 1.807) is 55.6 Å². The second-order valence-corrected chi connectivity index (χ2v) is 7.48. The lowest BCUT2D eigenvalue weighted by Crippen LogP contribution is -2.29. The zero-order chi connectivity index (χ0) is 22.8. The summed E-state index contributed by atoms with van der Waals surface area (Å²) in [7, 11) is 3.05. The van der Waals surface area contributed by atoms with E-state index in [0.717, 1.165) is 5.56 Å². The molecule has 1 N–H and O–H groups in total.